The normalized spacial score (nSPS) is 14.7. The van der Waals surface area contributed by atoms with Gasteiger partial charge in [0.1, 0.15) is 5.82 Å². The Bertz CT molecular complexity index is 851. The summed E-state index contributed by atoms with van der Waals surface area (Å²) in [4.78, 5) is 23.8. The number of primary amides is 1. The number of aryl methyl sites for hydroxylation is 1. The van der Waals surface area contributed by atoms with Crippen molar-refractivity contribution < 1.29 is 9.59 Å². The maximum Gasteiger partial charge on any atom is 0.316 e. The molecule has 8 nitrogen and oxygen atoms in total. The van der Waals surface area contributed by atoms with Crippen molar-refractivity contribution in [2.75, 3.05) is 5.32 Å². The van der Waals surface area contributed by atoms with Gasteiger partial charge in [0, 0.05) is 24.2 Å². The number of hydrogen-bond acceptors (Lipinski definition) is 5. The molecule has 2 amide bonds. The second-order valence-corrected chi connectivity index (χ2v) is 5.93. The SMILES string of the molecule is N#C[C@H](C(=O)c1cccc(NC(N)=O)c1)c1nnc2n1CCCCC2. The number of aromatic nitrogens is 3. The molecule has 1 aliphatic heterocycles. The van der Waals surface area contributed by atoms with Crippen LogP contribution in [0, 0.1) is 11.3 Å². The Morgan fingerprint density at radius 3 is 2.88 bits per heavy atom. The van der Waals surface area contributed by atoms with E-state index < -0.39 is 11.9 Å². The summed E-state index contributed by atoms with van der Waals surface area (Å²) in [6.07, 6.45) is 3.90. The van der Waals surface area contributed by atoms with Gasteiger partial charge < -0.3 is 15.6 Å². The number of nitrogens with two attached hydrogens (primary N) is 1. The number of Topliss-reactive ketones (excluding diaryl/α,β-unsaturated/α-hetero) is 1. The average molecular weight is 338 g/mol. The molecule has 0 saturated heterocycles. The van der Waals surface area contributed by atoms with Gasteiger partial charge in [-0.2, -0.15) is 5.26 Å². The number of rotatable bonds is 4. The number of nitrogens with one attached hydrogen (secondary N) is 1. The maximum absolute atomic E-state index is 12.8. The van der Waals surface area contributed by atoms with E-state index in [0.717, 1.165) is 31.5 Å². The molecule has 2 aromatic rings. The van der Waals surface area contributed by atoms with E-state index in [0.29, 0.717) is 23.6 Å². The van der Waals surface area contributed by atoms with Gasteiger partial charge in [0.2, 0.25) is 0 Å². The number of ketones is 1. The summed E-state index contributed by atoms with van der Waals surface area (Å²) in [5, 5.41) is 20.3. The molecule has 1 aromatic heterocycles. The monoisotopic (exact) mass is 338 g/mol. The van der Waals surface area contributed by atoms with E-state index in [2.05, 4.69) is 15.5 Å². The van der Waals surface area contributed by atoms with Crippen LogP contribution in [0.15, 0.2) is 24.3 Å². The van der Waals surface area contributed by atoms with E-state index in [9.17, 15) is 14.9 Å². The smallest absolute Gasteiger partial charge is 0.316 e. The standard InChI is InChI=1S/C17H18N6O2/c18-10-13(16-22-21-14-7-2-1-3-8-23(14)16)15(24)11-5-4-6-12(9-11)20-17(19)25/h4-6,9,13H,1-3,7-8H2,(H3,19,20,25)/t13-/m1/s1. The van der Waals surface area contributed by atoms with Gasteiger partial charge in [-0.3, -0.25) is 4.79 Å². The quantitative estimate of drug-likeness (QED) is 0.824. The van der Waals surface area contributed by atoms with E-state index >= 15 is 0 Å². The number of benzene rings is 1. The van der Waals surface area contributed by atoms with E-state index in [-0.39, 0.29) is 5.78 Å². The first-order valence-electron chi connectivity index (χ1n) is 8.12. The highest BCUT2D eigenvalue weighted by Crippen LogP contribution is 2.24. The van der Waals surface area contributed by atoms with Crippen LogP contribution in [-0.4, -0.2) is 26.6 Å². The Morgan fingerprint density at radius 1 is 1.28 bits per heavy atom. The maximum atomic E-state index is 12.8. The lowest BCUT2D eigenvalue weighted by atomic mass is 9.97. The average Bonchev–Trinajstić information content (AvgIpc) is 2.83. The number of anilines is 1. The summed E-state index contributed by atoms with van der Waals surface area (Å²) >= 11 is 0. The number of carbonyl (C=O) groups is 2. The van der Waals surface area contributed by atoms with Gasteiger partial charge in [-0.25, -0.2) is 4.79 Å². The van der Waals surface area contributed by atoms with Crippen LogP contribution in [0.5, 0.6) is 0 Å². The third-order valence-corrected chi connectivity index (χ3v) is 4.20. The number of hydrogen-bond donors (Lipinski definition) is 2. The number of carbonyl (C=O) groups excluding carboxylic acids is 2. The van der Waals surface area contributed by atoms with Crippen molar-refractivity contribution in [1.82, 2.24) is 14.8 Å². The Kier molecular flexibility index (Phi) is 4.75. The van der Waals surface area contributed by atoms with E-state index in [1.807, 2.05) is 10.6 Å². The predicted octanol–water partition coefficient (Wildman–Crippen LogP) is 1.99. The second-order valence-electron chi connectivity index (χ2n) is 5.93. The van der Waals surface area contributed by atoms with Gasteiger partial charge in [-0.15, -0.1) is 10.2 Å². The summed E-state index contributed by atoms with van der Waals surface area (Å²) in [6.45, 7) is 0.715. The fourth-order valence-electron chi connectivity index (χ4n) is 3.01. The third kappa shape index (κ3) is 3.50. The summed E-state index contributed by atoms with van der Waals surface area (Å²) in [5.74, 6) is -0.208. The molecule has 0 radical (unpaired) electrons. The second kappa shape index (κ2) is 7.13. The van der Waals surface area contributed by atoms with E-state index in [4.69, 9.17) is 5.73 Å². The zero-order valence-electron chi connectivity index (χ0n) is 13.6. The molecule has 0 fully saturated rings. The molecule has 0 saturated carbocycles. The minimum absolute atomic E-state index is 0.309. The topological polar surface area (TPSA) is 127 Å². The lowest BCUT2D eigenvalue weighted by Gasteiger charge is -2.12. The van der Waals surface area contributed by atoms with Gasteiger partial charge in [0.05, 0.1) is 6.07 Å². The molecule has 8 heteroatoms. The highest BCUT2D eigenvalue weighted by Gasteiger charge is 2.29. The minimum atomic E-state index is -1.04. The largest absolute Gasteiger partial charge is 0.351 e. The van der Waals surface area contributed by atoms with Crippen LogP contribution in [0.2, 0.25) is 0 Å². The van der Waals surface area contributed by atoms with Gasteiger partial charge in [-0.05, 0) is 25.0 Å². The highest BCUT2D eigenvalue weighted by molar-refractivity contribution is 6.03. The zero-order chi connectivity index (χ0) is 17.8. The highest BCUT2D eigenvalue weighted by atomic mass is 16.2. The Hall–Kier alpha value is -3.21. The third-order valence-electron chi connectivity index (χ3n) is 4.20. The van der Waals surface area contributed by atoms with Gasteiger partial charge >= 0.3 is 6.03 Å². The first kappa shape index (κ1) is 16.6. The van der Waals surface area contributed by atoms with Crippen LogP contribution in [-0.2, 0) is 13.0 Å². The summed E-state index contributed by atoms with van der Waals surface area (Å²) in [6, 6.07) is 7.66. The molecule has 1 aromatic carbocycles. The van der Waals surface area contributed by atoms with Gasteiger partial charge in [0.25, 0.3) is 0 Å². The number of nitriles is 1. The first-order chi connectivity index (χ1) is 12.1. The molecule has 0 spiro atoms. The number of amides is 2. The van der Waals surface area contributed by atoms with Crippen molar-refractivity contribution >= 4 is 17.5 Å². The summed E-state index contributed by atoms with van der Waals surface area (Å²) in [5.41, 5.74) is 5.80. The summed E-state index contributed by atoms with van der Waals surface area (Å²) in [7, 11) is 0. The first-order valence-corrected chi connectivity index (χ1v) is 8.12. The van der Waals surface area contributed by atoms with Crippen LogP contribution in [0.1, 0.15) is 47.2 Å². The van der Waals surface area contributed by atoms with Crippen LogP contribution in [0.25, 0.3) is 0 Å². The van der Waals surface area contributed by atoms with E-state index in [1.54, 1.807) is 18.2 Å². The molecule has 3 N–H and O–H groups in total. The van der Waals surface area contributed by atoms with Crippen LogP contribution in [0.4, 0.5) is 10.5 Å². The van der Waals surface area contributed by atoms with Crippen LogP contribution in [0.3, 0.4) is 0 Å². The number of urea groups is 1. The van der Waals surface area contributed by atoms with Crippen molar-refractivity contribution in [3.63, 3.8) is 0 Å². The van der Waals surface area contributed by atoms with Crippen molar-refractivity contribution in [2.45, 2.75) is 38.1 Å². The van der Waals surface area contributed by atoms with Crippen molar-refractivity contribution in [1.29, 1.82) is 5.26 Å². The molecule has 0 aliphatic carbocycles. The molecular formula is C17H18N6O2. The van der Waals surface area contributed by atoms with E-state index in [1.165, 1.54) is 6.07 Å². The molecule has 2 heterocycles. The predicted molar refractivity (Wildman–Crippen MR) is 89.9 cm³/mol. The minimum Gasteiger partial charge on any atom is -0.351 e. The molecular weight excluding hydrogens is 320 g/mol. The molecule has 1 atom stereocenters. The molecule has 3 rings (SSSR count). The van der Waals surface area contributed by atoms with Crippen molar-refractivity contribution in [3.8, 4) is 6.07 Å². The Morgan fingerprint density at radius 2 is 2.12 bits per heavy atom. The number of nitrogens with zero attached hydrogens (tertiary/aromatic N) is 4. The van der Waals surface area contributed by atoms with Crippen molar-refractivity contribution in [3.05, 3.63) is 41.5 Å². The van der Waals surface area contributed by atoms with Crippen molar-refractivity contribution in [2.24, 2.45) is 5.73 Å². The fraction of sp³-hybridized carbons (Fsp3) is 0.353. The lowest BCUT2D eigenvalue weighted by molar-refractivity contribution is 0.0974. The van der Waals surface area contributed by atoms with Gasteiger partial charge in [-0.1, -0.05) is 18.6 Å². The zero-order valence-corrected chi connectivity index (χ0v) is 13.6. The molecule has 25 heavy (non-hydrogen) atoms. The molecule has 0 unspecified atom stereocenters. The summed E-state index contributed by atoms with van der Waals surface area (Å²) < 4.78 is 1.89. The Labute approximate surface area is 144 Å². The van der Waals surface area contributed by atoms with Crippen LogP contribution >= 0.6 is 0 Å². The molecule has 0 bridgehead atoms. The Balaban J connectivity index is 1.92. The molecule has 128 valence electrons. The van der Waals surface area contributed by atoms with Gasteiger partial charge in [0.15, 0.2) is 17.5 Å². The molecule has 1 aliphatic rings. The fourth-order valence-corrected chi connectivity index (χ4v) is 3.01. The van der Waals surface area contributed by atoms with Crippen LogP contribution < -0.4 is 11.1 Å². The lowest BCUT2D eigenvalue weighted by Crippen LogP contribution is -2.20. The number of fused-ring (bicyclic) bond motifs is 1.